The quantitative estimate of drug-likeness (QED) is 0.810. The minimum atomic E-state index is -0.0800. The second-order valence-electron chi connectivity index (χ2n) is 7.61. The molecule has 28 heavy (non-hydrogen) atoms. The van der Waals surface area contributed by atoms with Crippen molar-refractivity contribution in [1.29, 1.82) is 0 Å². The van der Waals surface area contributed by atoms with Crippen molar-refractivity contribution in [1.82, 2.24) is 15.6 Å². The van der Waals surface area contributed by atoms with Crippen molar-refractivity contribution in [3.8, 4) is 0 Å². The maximum absolute atomic E-state index is 12.8. The van der Waals surface area contributed by atoms with Crippen molar-refractivity contribution in [3.63, 3.8) is 0 Å². The highest BCUT2D eigenvalue weighted by molar-refractivity contribution is 5.99. The second-order valence-corrected chi connectivity index (χ2v) is 7.61. The molecule has 1 aliphatic carbocycles. The Balaban J connectivity index is 1.36. The molecule has 2 aliphatic rings. The highest BCUT2D eigenvalue weighted by Crippen LogP contribution is 2.30. The van der Waals surface area contributed by atoms with Crippen molar-refractivity contribution in [2.75, 3.05) is 18.0 Å². The van der Waals surface area contributed by atoms with Crippen molar-refractivity contribution >= 4 is 17.5 Å². The van der Waals surface area contributed by atoms with E-state index in [0.29, 0.717) is 12.1 Å². The minimum Gasteiger partial charge on any atom is -0.371 e. The number of aromatic nitrogens is 1. The fraction of sp³-hybridized carbons (Fsp3) is 0.409. The van der Waals surface area contributed by atoms with Crippen LogP contribution in [0, 0.1) is 5.92 Å². The first-order chi connectivity index (χ1) is 13.7. The van der Waals surface area contributed by atoms with Crippen molar-refractivity contribution in [2.24, 2.45) is 5.92 Å². The third-order valence-electron chi connectivity index (χ3n) is 5.45. The lowest BCUT2D eigenvalue weighted by Crippen LogP contribution is -2.45. The number of hydrogen-bond acceptors (Lipinski definition) is 4. The van der Waals surface area contributed by atoms with Gasteiger partial charge in [-0.05, 0) is 49.4 Å². The summed E-state index contributed by atoms with van der Waals surface area (Å²) in [4.78, 5) is 31.1. The molecule has 6 heteroatoms. The van der Waals surface area contributed by atoms with E-state index in [2.05, 4.69) is 20.5 Å². The average Bonchev–Trinajstić information content (AvgIpc) is 3.59. The van der Waals surface area contributed by atoms with Crippen LogP contribution in [0.5, 0.6) is 0 Å². The van der Waals surface area contributed by atoms with Crippen LogP contribution >= 0.6 is 0 Å². The summed E-state index contributed by atoms with van der Waals surface area (Å²) in [6.07, 6.45) is 7.36. The molecule has 1 aliphatic heterocycles. The summed E-state index contributed by atoms with van der Waals surface area (Å²) >= 11 is 0. The third kappa shape index (κ3) is 4.50. The lowest BCUT2D eigenvalue weighted by molar-refractivity contribution is -0.123. The van der Waals surface area contributed by atoms with Gasteiger partial charge in [-0.2, -0.15) is 0 Å². The summed E-state index contributed by atoms with van der Waals surface area (Å²) in [7, 11) is 0. The number of amides is 2. The summed E-state index contributed by atoms with van der Waals surface area (Å²) in [6.45, 7) is 2.13. The molecule has 0 atom stereocenters. The van der Waals surface area contributed by atoms with E-state index in [-0.39, 0.29) is 23.8 Å². The number of para-hydroxylation sites is 1. The Morgan fingerprint density at radius 2 is 1.82 bits per heavy atom. The maximum atomic E-state index is 12.8. The molecule has 6 nitrogen and oxygen atoms in total. The molecule has 1 saturated carbocycles. The lowest BCUT2D eigenvalue weighted by Gasteiger charge is -2.35. The van der Waals surface area contributed by atoms with Crippen molar-refractivity contribution in [3.05, 3.63) is 59.9 Å². The number of pyridine rings is 1. The van der Waals surface area contributed by atoms with E-state index in [9.17, 15) is 9.59 Å². The van der Waals surface area contributed by atoms with Crippen LogP contribution in [0.3, 0.4) is 0 Å². The third-order valence-corrected chi connectivity index (χ3v) is 5.45. The topological polar surface area (TPSA) is 74.3 Å². The summed E-state index contributed by atoms with van der Waals surface area (Å²) < 4.78 is 0. The molecule has 1 aromatic heterocycles. The SMILES string of the molecule is O=C(NCc1cccnc1)c1ccccc1N1CCC(NC(=O)C2CC2)CC1. The Morgan fingerprint density at radius 3 is 2.54 bits per heavy atom. The number of nitrogens with one attached hydrogen (secondary N) is 2. The number of hydrogen-bond donors (Lipinski definition) is 2. The van der Waals surface area contributed by atoms with Crippen molar-refractivity contribution < 1.29 is 9.59 Å². The van der Waals surface area contributed by atoms with Gasteiger partial charge in [0.2, 0.25) is 5.91 Å². The zero-order chi connectivity index (χ0) is 19.3. The van der Waals surface area contributed by atoms with Crippen LogP contribution in [0.4, 0.5) is 5.69 Å². The van der Waals surface area contributed by atoms with Crippen LogP contribution < -0.4 is 15.5 Å². The number of carbonyl (C=O) groups is 2. The molecule has 4 rings (SSSR count). The molecule has 2 fully saturated rings. The Morgan fingerprint density at radius 1 is 1.04 bits per heavy atom. The molecule has 2 N–H and O–H groups in total. The molecule has 0 radical (unpaired) electrons. The molecule has 0 spiro atoms. The average molecular weight is 378 g/mol. The predicted octanol–water partition coefficient (Wildman–Crippen LogP) is 2.51. The number of rotatable bonds is 6. The van der Waals surface area contributed by atoms with Gasteiger partial charge in [0.15, 0.2) is 0 Å². The van der Waals surface area contributed by atoms with Crippen LogP contribution in [-0.2, 0) is 11.3 Å². The fourth-order valence-electron chi connectivity index (χ4n) is 3.65. The zero-order valence-electron chi connectivity index (χ0n) is 15.9. The summed E-state index contributed by atoms with van der Waals surface area (Å²) in [5.41, 5.74) is 2.62. The molecule has 0 unspecified atom stereocenters. The van der Waals surface area contributed by atoms with E-state index in [1.54, 1.807) is 12.4 Å². The first-order valence-electron chi connectivity index (χ1n) is 10.0. The summed E-state index contributed by atoms with van der Waals surface area (Å²) in [5, 5.41) is 6.16. The molecule has 2 amide bonds. The maximum Gasteiger partial charge on any atom is 0.253 e. The van der Waals surface area contributed by atoms with Gasteiger partial charge in [0.1, 0.15) is 0 Å². The molecular formula is C22H26N4O2. The number of anilines is 1. The first kappa shape index (κ1) is 18.5. The minimum absolute atomic E-state index is 0.0800. The summed E-state index contributed by atoms with van der Waals surface area (Å²) in [5.74, 6) is 0.388. The highest BCUT2D eigenvalue weighted by atomic mass is 16.2. The fourth-order valence-corrected chi connectivity index (χ4v) is 3.65. The Hall–Kier alpha value is -2.89. The van der Waals surface area contributed by atoms with Gasteiger partial charge in [-0.25, -0.2) is 0 Å². The molecule has 0 bridgehead atoms. The lowest BCUT2D eigenvalue weighted by atomic mass is 10.0. The van der Waals surface area contributed by atoms with Gasteiger partial charge in [-0.1, -0.05) is 18.2 Å². The highest BCUT2D eigenvalue weighted by Gasteiger charge is 2.32. The van der Waals surface area contributed by atoms with E-state index in [0.717, 1.165) is 50.0 Å². The number of nitrogens with zero attached hydrogens (tertiary/aromatic N) is 2. The van der Waals surface area contributed by atoms with Gasteiger partial charge < -0.3 is 15.5 Å². The Kier molecular flexibility index (Phi) is 5.55. The molecule has 2 aromatic rings. The van der Waals surface area contributed by atoms with Crippen LogP contribution in [-0.4, -0.2) is 35.9 Å². The van der Waals surface area contributed by atoms with Gasteiger partial charge in [0, 0.05) is 49.7 Å². The smallest absolute Gasteiger partial charge is 0.253 e. The molecule has 2 heterocycles. The van der Waals surface area contributed by atoms with Crippen LogP contribution in [0.1, 0.15) is 41.6 Å². The van der Waals surface area contributed by atoms with Crippen molar-refractivity contribution in [2.45, 2.75) is 38.3 Å². The Labute approximate surface area is 165 Å². The van der Waals surface area contributed by atoms with E-state index >= 15 is 0 Å². The molecule has 1 aromatic carbocycles. The second kappa shape index (κ2) is 8.42. The normalized spacial score (nSPS) is 17.2. The zero-order valence-corrected chi connectivity index (χ0v) is 15.9. The molecular weight excluding hydrogens is 352 g/mol. The van der Waals surface area contributed by atoms with Gasteiger partial charge >= 0.3 is 0 Å². The number of carbonyl (C=O) groups excluding carboxylic acids is 2. The van der Waals surface area contributed by atoms with Gasteiger partial charge in [0.25, 0.3) is 5.91 Å². The van der Waals surface area contributed by atoms with Crippen LogP contribution in [0.25, 0.3) is 0 Å². The van der Waals surface area contributed by atoms with E-state index in [1.807, 2.05) is 36.4 Å². The number of benzene rings is 1. The van der Waals surface area contributed by atoms with Gasteiger partial charge in [-0.3, -0.25) is 14.6 Å². The monoisotopic (exact) mass is 378 g/mol. The Bertz CT molecular complexity index is 827. The number of piperidine rings is 1. The van der Waals surface area contributed by atoms with Gasteiger partial charge in [-0.15, -0.1) is 0 Å². The first-order valence-corrected chi connectivity index (χ1v) is 10.0. The van der Waals surface area contributed by atoms with Gasteiger partial charge in [0.05, 0.1) is 5.56 Å². The van der Waals surface area contributed by atoms with Crippen LogP contribution in [0.2, 0.25) is 0 Å². The largest absolute Gasteiger partial charge is 0.371 e. The van der Waals surface area contributed by atoms with Crippen LogP contribution in [0.15, 0.2) is 48.8 Å². The van der Waals surface area contributed by atoms with E-state index in [4.69, 9.17) is 0 Å². The molecule has 1 saturated heterocycles. The molecule has 146 valence electrons. The predicted molar refractivity (Wildman–Crippen MR) is 108 cm³/mol. The summed E-state index contributed by atoms with van der Waals surface area (Å²) in [6, 6.07) is 11.8. The van der Waals surface area contributed by atoms with E-state index < -0.39 is 0 Å². The van der Waals surface area contributed by atoms with E-state index in [1.165, 1.54) is 0 Å². The standard InChI is InChI=1S/C22H26N4O2/c27-21(17-7-8-17)25-18-9-12-26(13-10-18)20-6-2-1-5-19(20)22(28)24-15-16-4-3-11-23-14-16/h1-6,11,14,17-18H,7-10,12-13,15H2,(H,24,28)(H,25,27).